The maximum Gasteiger partial charge on any atom is 0.255 e. The Balaban J connectivity index is 1.40. The van der Waals surface area contributed by atoms with E-state index in [1.807, 2.05) is 37.4 Å². The van der Waals surface area contributed by atoms with Crippen LogP contribution in [0.2, 0.25) is 0 Å². The Hall–Kier alpha value is -2.96. The van der Waals surface area contributed by atoms with E-state index in [1.54, 1.807) is 12.1 Å². The number of fused-ring (bicyclic) bond motifs is 1. The van der Waals surface area contributed by atoms with E-state index < -0.39 is 0 Å². The van der Waals surface area contributed by atoms with Gasteiger partial charge in [-0.25, -0.2) is 0 Å². The summed E-state index contributed by atoms with van der Waals surface area (Å²) in [5, 5.41) is 7.59. The highest BCUT2D eigenvalue weighted by Crippen LogP contribution is 2.25. The Morgan fingerprint density at radius 2 is 2.06 bits per heavy atom. The molecule has 1 aliphatic rings. The number of ether oxygens (including phenoxy) is 2. The van der Waals surface area contributed by atoms with Crippen LogP contribution in [0.4, 0.5) is 5.69 Å². The molecular formula is C27H33N3O3. The molecule has 0 unspecified atom stereocenters. The first-order valence-corrected chi connectivity index (χ1v) is 11.8. The third kappa shape index (κ3) is 5.89. The van der Waals surface area contributed by atoms with Gasteiger partial charge in [-0.2, -0.15) is 0 Å². The molecule has 4 rings (SSSR count). The number of nitrogens with zero attached hydrogens (tertiary/aromatic N) is 1. The van der Waals surface area contributed by atoms with Gasteiger partial charge in [0.2, 0.25) is 0 Å². The number of aromatic nitrogens is 1. The van der Waals surface area contributed by atoms with Gasteiger partial charge in [0.15, 0.2) is 0 Å². The number of hydrogen-bond donors (Lipinski definition) is 2. The van der Waals surface area contributed by atoms with Gasteiger partial charge in [-0.15, -0.1) is 0 Å². The van der Waals surface area contributed by atoms with E-state index in [9.17, 15) is 4.79 Å². The van der Waals surface area contributed by atoms with Gasteiger partial charge >= 0.3 is 0 Å². The van der Waals surface area contributed by atoms with E-state index >= 15 is 0 Å². The lowest BCUT2D eigenvalue weighted by atomic mass is 10.1. The summed E-state index contributed by atoms with van der Waals surface area (Å²) in [6, 6.07) is 13.8. The summed E-state index contributed by atoms with van der Waals surface area (Å²) in [5.41, 5.74) is 4.36. The molecule has 0 saturated carbocycles. The van der Waals surface area contributed by atoms with Gasteiger partial charge in [-0.05, 0) is 80.6 Å². The fraction of sp³-hybridized carbons (Fsp3) is 0.407. The fourth-order valence-electron chi connectivity index (χ4n) is 3.92. The number of benzene rings is 2. The minimum Gasteiger partial charge on any atom is -0.491 e. The summed E-state index contributed by atoms with van der Waals surface area (Å²) in [6.45, 7) is 8.49. The molecular weight excluding hydrogens is 414 g/mol. The van der Waals surface area contributed by atoms with Crippen molar-refractivity contribution >= 4 is 22.5 Å². The van der Waals surface area contributed by atoms with Gasteiger partial charge in [-0.3, -0.25) is 9.78 Å². The lowest BCUT2D eigenvalue weighted by Crippen LogP contribution is -2.24. The SMILES string of the molecule is CC[C@H](C)NCc1cnc2c(C)c(NC(=O)c3ccc(OC[C@@H]4CCCO4)cc3)ccc2c1. The molecule has 1 fully saturated rings. The van der Waals surface area contributed by atoms with Crippen molar-refractivity contribution in [3.8, 4) is 5.75 Å². The van der Waals surface area contributed by atoms with Crippen LogP contribution in [0.3, 0.4) is 0 Å². The highest BCUT2D eigenvalue weighted by molar-refractivity contribution is 6.06. The topological polar surface area (TPSA) is 72.5 Å². The molecule has 0 bridgehead atoms. The highest BCUT2D eigenvalue weighted by Gasteiger charge is 2.16. The number of amides is 1. The van der Waals surface area contributed by atoms with Crippen molar-refractivity contribution in [3.63, 3.8) is 0 Å². The molecule has 3 aromatic rings. The van der Waals surface area contributed by atoms with Gasteiger partial charge in [0.05, 0.1) is 11.6 Å². The second kappa shape index (κ2) is 10.8. The normalized spacial score (nSPS) is 16.6. The molecule has 1 saturated heterocycles. The predicted molar refractivity (Wildman–Crippen MR) is 132 cm³/mol. The molecule has 1 aliphatic heterocycles. The molecule has 2 aromatic carbocycles. The van der Waals surface area contributed by atoms with Crippen LogP contribution < -0.4 is 15.4 Å². The zero-order chi connectivity index (χ0) is 23.2. The smallest absolute Gasteiger partial charge is 0.255 e. The van der Waals surface area contributed by atoms with E-state index in [-0.39, 0.29) is 12.0 Å². The number of pyridine rings is 1. The van der Waals surface area contributed by atoms with Crippen molar-refractivity contribution in [3.05, 3.63) is 65.4 Å². The Kier molecular flexibility index (Phi) is 7.57. The molecule has 174 valence electrons. The zero-order valence-corrected chi connectivity index (χ0v) is 19.7. The largest absolute Gasteiger partial charge is 0.491 e. The Labute approximate surface area is 195 Å². The van der Waals surface area contributed by atoms with Crippen LogP contribution in [0.15, 0.2) is 48.7 Å². The highest BCUT2D eigenvalue weighted by atomic mass is 16.5. The number of hydrogen-bond acceptors (Lipinski definition) is 5. The van der Waals surface area contributed by atoms with Crippen molar-refractivity contribution in [1.29, 1.82) is 0 Å². The summed E-state index contributed by atoms with van der Waals surface area (Å²) in [6.07, 6.45) is 5.30. The molecule has 0 aliphatic carbocycles. The summed E-state index contributed by atoms with van der Waals surface area (Å²) in [4.78, 5) is 17.5. The Morgan fingerprint density at radius 1 is 1.24 bits per heavy atom. The van der Waals surface area contributed by atoms with Gasteiger partial charge < -0.3 is 20.1 Å². The molecule has 6 nitrogen and oxygen atoms in total. The first-order valence-electron chi connectivity index (χ1n) is 11.8. The maximum absolute atomic E-state index is 12.8. The van der Waals surface area contributed by atoms with E-state index in [2.05, 4.69) is 35.5 Å². The van der Waals surface area contributed by atoms with E-state index in [0.717, 1.165) is 65.9 Å². The number of carbonyl (C=O) groups is 1. The zero-order valence-electron chi connectivity index (χ0n) is 19.7. The molecule has 0 radical (unpaired) electrons. The van der Waals surface area contributed by atoms with Gasteiger partial charge in [0, 0.05) is 42.0 Å². The van der Waals surface area contributed by atoms with Crippen molar-refractivity contribution in [2.45, 2.75) is 58.7 Å². The molecule has 2 heterocycles. The van der Waals surface area contributed by atoms with Crippen LogP contribution in [0.1, 0.15) is 54.6 Å². The van der Waals surface area contributed by atoms with Crippen LogP contribution >= 0.6 is 0 Å². The Morgan fingerprint density at radius 3 is 2.79 bits per heavy atom. The monoisotopic (exact) mass is 447 g/mol. The first kappa shape index (κ1) is 23.2. The van der Waals surface area contributed by atoms with Gasteiger partial charge in [-0.1, -0.05) is 13.0 Å². The summed E-state index contributed by atoms with van der Waals surface area (Å²) >= 11 is 0. The Bertz CT molecular complexity index is 1090. The number of anilines is 1. The molecule has 2 atom stereocenters. The molecule has 33 heavy (non-hydrogen) atoms. The maximum atomic E-state index is 12.8. The van der Waals surface area contributed by atoms with Crippen molar-refractivity contribution in [2.75, 3.05) is 18.5 Å². The lowest BCUT2D eigenvalue weighted by molar-refractivity contribution is 0.0679. The minimum atomic E-state index is -0.155. The second-order valence-corrected chi connectivity index (χ2v) is 8.77. The van der Waals surface area contributed by atoms with Crippen LogP contribution in [-0.4, -0.2) is 36.3 Å². The van der Waals surface area contributed by atoms with Crippen LogP contribution in [0.25, 0.3) is 10.9 Å². The van der Waals surface area contributed by atoms with E-state index in [0.29, 0.717) is 18.2 Å². The third-order valence-electron chi connectivity index (χ3n) is 6.25. The molecule has 6 heteroatoms. The van der Waals surface area contributed by atoms with Crippen molar-refractivity contribution in [1.82, 2.24) is 10.3 Å². The van der Waals surface area contributed by atoms with Crippen molar-refractivity contribution < 1.29 is 14.3 Å². The average molecular weight is 448 g/mol. The predicted octanol–water partition coefficient (Wildman–Crippen LogP) is 5.24. The lowest BCUT2D eigenvalue weighted by Gasteiger charge is -2.14. The molecule has 1 amide bonds. The summed E-state index contributed by atoms with van der Waals surface area (Å²) in [5.74, 6) is 0.587. The molecule has 1 aromatic heterocycles. The molecule has 0 spiro atoms. The minimum absolute atomic E-state index is 0.155. The number of rotatable bonds is 9. The van der Waals surface area contributed by atoms with Crippen molar-refractivity contribution in [2.24, 2.45) is 0 Å². The number of aryl methyl sites for hydroxylation is 1. The molecule has 2 N–H and O–H groups in total. The summed E-state index contributed by atoms with van der Waals surface area (Å²) < 4.78 is 11.4. The van der Waals surface area contributed by atoms with Gasteiger partial charge in [0.1, 0.15) is 12.4 Å². The number of carbonyl (C=O) groups excluding carboxylic acids is 1. The summed E-state index contributed by atoms with van der Waals surface area (Å²) in [7, 11) is 0. The standard InChI is InChI=1S/C27H33N3O3/c1-4-18(2)28-15-20-14-22-9-12-25(19(3)26(22)29-16-20)30-27(31)21-7-10-23(11-8-21)33-17-24-6-5-13-32-24/h7-12,14,16,18,24,28H,4-6,13,15,17H2,1-3H3,(H,30,31)/t18-,24-/m0/s1. The van der Waals surface area contributed by atoms with E-state index in [1.165, 1.54) is 0 Å². The quantitative estimate of drug-likeness (QED) is 0.469. The van der Waals surface area contributed by atoms with E-state index in [4.69, 9.17) is 9.47 Å². The first-order chi connectivity index (χ1) is 16.0. The van der Waals surface area contributed by atoms with Crippen LogP contribution in [0, 0.1) is 6.92 Å². The van der Waals surface area contributed by atoms with Crippen LogP contribution in [0.5, 0.6) is 5.75 Å². The second-order valence-electron chi connectivity index (χ2n) is 8.77. The number of nitrogens with one attached hydrogen (secondary N) is 2. The van der Waals surface area contributed by atoms with Gasteiger partial charge in [0.25, 0.3) is 5.91 Å². The van der Waals surface area contributed by atoms with Crippen LogP contribution in [-0.2, 0) is 11.3 Å². The fourth-order valence-corrected chi connectivity index (χ4v) is 3.92. The average Bonchev–Trinajstić information content (AvgIpc) is 3.37. The third-order valence-corrected chi connectivity index (χ3v) is 6.25.